The van der Waals surface area contributed by atoms with E-state index < -0.39 is 55.7 Å². The molecule has 0 amide bonds. The minimum absolute atomic E-state index is 0.0938. The van der Waals surface area contributed by atoms with Gasteiger partial charge in [-0.1, -0.05) is 55.5 Å². The quantitative estimate of drug-likeness (QED) is 0.208. The number of nitrogens with zero attached hydrogens (tertiary/aromatic N) is 2. The van der Waals surface area contributed by atoms with Crippen molar-refractivity contribution in [2.75, 3.05) is 24.3 Å². The van der Waals surface area contributed by atoms with Gasteiger partial charge in [0.25, 0.3) is 0 Å². The zero-order valence-corrected chi connectivity index (χ0v) is 24.2. The molecule has 0 saturated carbocycles. The van der Waals surface area contributed by atoms with Crippen molar-refractivity contribution in [1.29, 1.82) is 0 Å². The molecule has 236 valence electrons. The smallest absolute Gasteiger partial charge is 0.418 e. The highest BCUT2D eigenvalue weighted by Crippen LogP contribution is 2.52. The molecule has 2 aromatic carbocycles. The third-order valence-electron chi connectivity index (χ3n) is 7.35. The maximum atomic E-state index is 14.3. The van der Waals surface area contributed by atoms with Crippen molar-refractivity contribution >= 4 is 27.3 Å². The van der Waals surface area contributed by atoms with E-state index in [1.807, 2.05) is 6.92 Å². The summed E-state index contributed by atoms with van der Waals surface area (Å²) >= 11 is 0. The summed E-state index contributed by atoms with van der Waals surface area (Å²) in [5, 5.41) is 15.5. The molecule has 5 rings (SSSR count). The van der Waals surface area contributed by atoms with E-state index in [-0.39, 0.29) is 49.7 Å². The van der Waals surface area contributed by atoms with Crippen molar-refractivity contribution in [3.8, 4) is 11.5 Å². The van der Waals surface area contributed by atoms with Crippen LogP contribution in [0.15, 0.2) is 66.4 Å². The first-order valence-electron chi connectivity index (χ1n) is 13.7. The Hall–Kier alpha value is -3.89. The SMILES string of the molecule is CCc1ccc(C2=C(C(=O)OCCCCON(O)O)N(c3ccccc3C(F)(F)F)S(=O)(=O)C3C=CC=CC23)c2c1OCO2. The maximum absolute atomic E-state index is 14.3. The Balaban J connectivity index is 1.73. The summed E-state index contributed by atoms with van der Waals surface area (Å²) in [6.07, 6.45) is 1.99. The second kappa shape index (κ2) is 12.6. The largest absolute Gasteiger partial charge is 0.461 e. The molecule has 0 radical (unpaired) electrons. The molecule has 0 fully saturated rings. The Morgan fingerprint density at radius 1 is 1.05 bits per heavy atom. The molecule has 0 aromatic heterocycles. The van der Waals surface area contributed by atoms with Crippen LogP contribution in [0.25, 0.3) is 5.57 Å². The molecule has 2 unspecified atom stereocenters. The van der Waals surface area contributed by atoms with Gasteiger partial charge in [0, 0.05) is 17.1 Å². The molecule has 44 heavy (non-hydrogen) atoms. The van der Waals surface area contributed by atoms with Gasteiger partial charge in [0.2, 0.25) is 16.8 Å². The molecule has 0 spiro atoms. The van der Waals surface area contributed by atoms with Crippen LogP contribution in [0.1, 0.15) is 36.5 Å². The second-order valence-corrected chi connectivity index (χ2v) is 11.9. The molecule has 0 bridgehead atoms. The highest BCUT2D eigenvalue weighted by molar-refractivity contribution is 7.94. The third-order valence-corrected chi connectivity index (χ3v) is 9.37. The van der Waals surface area contributed by atoms with Crippen LogP contribution in [0.4, 0.5) is 18.9 Å². The second-order valence-electron chi connectivity index (χ2n) is 9.97. The minimum Gasteiger partial charge on any atom is -0.461 e. The van der Waals surface area contributed by atoms with Crippen LogP contribution in [0.2, 0.25) is 0 Å². The minimum atomic E-state index is -4.96. The first-order chi connectivity index (χ1) is 21.0. The van der Waals surface area contributed by atoms with Gasteiger partial charge in [-0.15, -0.1) is 0 Å². The molecule has 2 heterocycles. The Bertz CT molecular complexity index is 1620. The van der Waals surface area contributed by atoms with Gasteiger partial charge in [-0.25, -0.2) is 17.5 Å². The first-order valence-corrected chi connectivity index (χ1v) is 15.2. The molecule has 2 N–H and O–H groups in total. The number of rotatable bonds is 10. The van der Waals surface area contributed by atoms with Gasteiger partial charge in [0.05, 0.1) is 29.9 Å². The number of alkyl halides is 3. The van der Waals surface area contributed by atoms with E-state index in [9.17, 15) is 26.4 Å². The highest BCUT2D eigenvalue weighted by Gasteiger charge is 2.51. The number of sulfonamides is 1. The van der Waals surface area contributed by atoms with E-state index >= 15 is 0 Å². The lowest BCUT2D eigenvalue weighted by Gasteiger charge is -2.41. The summed E-state index contributed by atoms with van der Waals surface area (Å²) in [5.41, 5.74) is -1.47. The van der Waals surface area contributed by atoms with Gasteiger partial charge >= 0.3 is 12.1 Å². The van der Waals surface area contributed by atoms with E-state index in [4.69, 9.17) is 24.6 Å². The molecule has 1 aliphatic carbocycles. The van der Waals surface area contributed by atoms with E-state index in [0.29, 0.717) is 16.5 Å². The number of halogens is 3. The Morgan fingerprint density at radius 2 is 1.75 bits per heavy atom. The van der Waals surface area contributed by atoms with Crippen LogP contribution in [0.5, 0.6) is 11.5 Å². The van der Waals surface area contributed by atoms with Crippen LogP contribution in [0.3, 0.4) is 0 Å². The number of fused-ring (bicyclic) bond motifs is 2. The molecule has 11 nitrogen and oxygen atoms in total. The van der Waals surface area contributed by atoms with Crippen LogP contribution in [-0.4, -0.2) is 55.4 Å². The van der Waals surface area contributed by atoms with E-state index in [0.717, 1.165) is 23.8 Å². The molecule has 0 saturated heterocycles. The number of para-hydroxylation sites is 1. The average molecular weight is 639 g/mol. The summed E-state index contributed by atoms with van der Waals surface area (Å²) < 4.78 is 88.8. The summed E-state index contributed by atoms with van der Waals surface area (Å²) in [4.78, 5) is 18.4. The van der Waals surface area contributed by atoms with Crippen LogP contribution >= 0.6 is 0 Å². The number of esters is 1. The van der Waals surface area contributed by atoms with Gasteiger partial charge < -0.3 is 14.2 Å². The molecule has 2 aliphatic heterocycles. The van der Waals surface area contributed by atoms with Crippen molar-refractivity contribution in [3.05, 3.63) is 83.1 Å². The summed E-state index contributed by atoms with van der Waals surface area (Å²) in [5.74, 6) is -1.53. The number of allylic oxidation sites excluding steroid dienone is 4. The number of benzene rings is 2. The normalized spacial score (nSPS) is 20.3. The number of aryl methyl sites for hydroxylation is 1. The van der Waals surface area contributed by atoms with Crippen molar-refractivity contribution in [2.45, 2.75) is 37.6 Å². The average Bonchev–Trinajstić information content (AvgIpc) is 3.48. The fourth-order valence-electron chi connectivity index (χ4n) is 5.42. The number of unbranched alkanes of at least 4 members (excludes halogenated alkanes) is 1. The van der Waals surface area contributed by atoms with Crippen LogP contribution < -0.4 is 13.8 Å². The first kappa shape index (κ1) is 31.5. The Kier molecular flexibility index (Phi) is 9.04. The van der Waals surface area contributed by atoms with Gasteiger partial charge in [0.15, 0.2) is 11.5 Å². The molecule has 3 aliphatic rings. The number of anilines is 1. The lowest BCUT2D eigenvalue weighted by atomic mass is 9.84. The Labute approximate surface area is 250 Å². The molecule has 2 aromatic rings. The summed E-state index contributed by atoms with van der Waals surface area (Å²) in [6.45, 7) is 1.33. The van der Waals surface area contributed by atoms with Gasteiger partial charge in [0.1, 0.15) is 10.9 Å². The summed E-state index contributed by atoms with van der Waals surface area (Å²) in [6, 6.07) is 7.48. The van der Waals surface area contributed by atoms with E-state index in [2.05, 4.69) is 4.84 Å². The van der Waals surface area contributed by atoms with Crippen LogP contribution in [-0.2, 0) is 37.0 Å². The van der Waals surface area contributed by atoms with Crippen molar-refractivity contribution in [2.24, 2.45) is 5.92 Å². The van der Waals surface area contributed by atoms with E-state index in [1.165, 1.54) is 18.2 Å². The lowest BCUT2D eigenvalue weighted by Crippen LogP contribution is -2.49. The van der Waals surface area contributed by atoms with E-state index in [1.54, 1.807) is 24.3 Å². The predicted molar refractivity (Wildman–Crippen MR) is 149 cm³/mol. The topological polar surface area (TPSA) is 135 Å². The van der Waals surface area contributed by atoms with Crippen molar-refractivity contribution in [3.63, 3.8) is 0 Å². The third kappa shape index (κ3) is 5.93. The highest BCUT2D eigenvalue weighted by atomic mass is 32.2. The number of carbonyl (C=O) groups is 1. The van der Waals surface area contributed by atoms with Crippen molar-refractivity contribution < 1.29 is 55.8 Å². The van der Waals surface area contributed by atoms with Gasteiger partial charge in [-0.05, 0) is 37.0 Å². The summed E-state index contributed by atoms with van der Waals surface area (Å²) in [7, 11) is -4.69. The molecular formula is C29H29F3N2O9S. The van der Waals surface area contributed by atoms with Gasteiger partial charge in [-0.2, -0.15) is 13.2 Å². The fourth-order valence-corrected chi connectivity index (χ4v) is 7.41. The molecular weight excluding hydrogens is 609 g/mol. The molecule has 15 heteroatoms. The zero-order valence-electron chi connectivity index (χ0n) is 23.4. The lowest BCUT2D eigenvalue weighted by molar-refractivity contribution is -0.492. The van der Waals surface area contributed by atoms with Crippen molar-refractivity contribution in [1.82, 2.24) is 5.39 Å². The Morgan fingerprint density at radius 3 is 2.48 bits per heavy atom. The number of hydrogen-bond donors (Lipinski definition) is 2. The number of ether oxygens (including phenoxy) is 3. The fraction of sp³-hybridized carbons (Fsp3) is 0.345. The monoisotopic (exact) mass is 638 g/mol. The maximum Gasteiger partial charge on any atom is 0.418 e. The standard InChI is InChI=1S/C29H29F3N2O9S/c1-2-18-13-14-20(27-26(18)41-17-42-27)24-19-9-3-6-12-23(19)44(38,39)33(22-11-5-4-10-21(22)29(30,31)32)25(24)28(35)40-15-7-8-16-43-34(36)37/h3-6,9-14,19,23,36-37H,2,7-8,15-17H2,1H3. The molecule has 2 atom stereocenters. The van der Waals surface area contributed by atoms with Crippen LogP contribution in [0, 0.1) is 5.92 Å². The zero-order chi connectivity index (χ0) is 31.6. The van der Waals surface area contributed by atoms with Gasteiger partial charge in [-0.3, -0.25) is 15.3 Å². The number of hydrogen-bond acceptors (Lipinski definition) is 10. The number of carbonyl (C=O) groups excluding carboxylic acids is 1. The predicted octanol–water partition coefficient (Wildman–Crippen LogP) is 5.00.